The molecule has 0 saturated heterocycles. The molecule has 6 nitrogen and oxygen atoms in total. The number of para-hydroxylation sites is 3. The molecule has 0 aromatic heterocycles. The van der Waals surface area contributed by atoms with Crippen molar-refractivity contribution in [1.29, 1.82) is 0 Å². The topological polar surface area (TPSA) is 74.2 Å². The van der Waals surface area contributed by atoms with Gasteiger partial charge in [0.1, 0.15) is 6.67 Å². The van der Waals surface area contributed by atoms with Crippen molar-refractivity contribution in [2.24, 2.45) is 30.2 Å². The van der Waals surface area contributed by atoms with Crippen LogP contribution in [0.4, 0.5) is 11.4 Å². The zero-order valence-corrected chi connectivity index (χ0v) is 44.4. The minimum Gasteiger partial charge on any atom is -0.288 e. The molecule has 70 heavy (non-hydrogen) atoms. The highest BCUT2D eigenvalue weighted by atomic mass is 15.1. The van der Waals surface area contributed by atoms with Gasteiger partial charge in [0.05, 0.1) is 35.2 Å². The molecule has 6 aliphatic rings. The second-order valence-electron chi connectivity index (χ2n) is 14.1. The molecule has 0 unspecified atom stereocenters. The Morgan fingerprint density at radius 1 is 0.371 bits per heavy atom. The van der Waals surface area contributed by atoms with E-state index in [1.165, 1.54) is 55.6 Å². The standard InChI is InChI=1S/C13H10.C9H8.2C8H7N.2C7H6N2.6C2H6/c1-3-7-12-10(5-1)9-11-6-2-4-8-13(11)12;1-2-5-9-7-3-6-8(9)4-1;1-2-4-8-6-9-5-7(8)3-1;1-2-4-8-7(3-1)5-6-9-8;1-2-4-7-6(3-1)8-5-9-7;1-2-4-7-6(3-1)5-8-9-7;6*1-2/h1-8H,9H2;1-6H,7H2;1-5H,6H2;1-4,6H,5H2;2*1-4H,5H2;6*1-2H3. The third-order valence-corrected chi connectivity index (χ3v) is 10.3. The van der Waals surface area contributed by atoms with Crippen LogP contribution >= 0.6 is 0 Å². The molecule has 0 atom stereocenters. The van der Waals surface area contributed by atoms with Crippen LogP contribution < -0.4 is 10.7 Å². The summed E-state index contributed by atoms with van der Waals surface area (Å²) in [5.74, 6) is 0. The summed E-state index contributed by atoms with van der Waals surface area (Å²) >= 11 is 0. The Kier molecular flexibility index (Phi) is 31.0. The molecule has 0 saturated carbocycles. The fraction of sp³-hybridized carbons (Fsp3) is 0.281. The number of allylic oxidation sites excluding steroid dienone is 1. The average Bonchev–Trinajstić information content (AvgIpc) is 4.34. The van der Waals surface area contributed by atoms with E-state index in [0.717, 1.165) is 54.4 Å². The van der Waals surface area contributed by atoms with E-state index in [0.29, 0.717) is 6.67 Å². The van der Waals surface area contributed by atoms with E-state index in [1.807, 2.05) is 168 Å². The van der Waals surface area contributed by atoms with E-state index in [9.17, 15) is 0 Å². The molecule has 13 rings (SSSR count). The van der Waals surface area contributed by atoms with Gasteiger partial charge < -0.3 is 0 Å². The summed E-state index contributed by atoms with van der Waals surface area (Å²) in [5.41, 5.74) is 16.0. The van der Waals surface area contributed by atoms with E-state index < -0.39 is 0 Å². The van der Waals surface area contributed by atoms with Gasteiger partial charge in [-0.3, -0.25) is 20.0 Å². The largest absolute Gasteiger partial charge is 0.288 e. The fourth-order valence-corrected chi connectivity index (χ4v) is 7.22. The number of benzene rings is 7. The van der Waals surface area contributed by atoms with Gasteiger partial charge in [0.25, 0.3) is 0 Å². The first kappa shape index (κ1) is 58.9. The SMILES string of the molecule is C1=Cc2ccccc2C1.C1=NCc2ccccc21.C1=Nc2ccccc2C1.CC.CC.CC.CC.CC.CC.c1ccc2c(c1)=NCN=2.c1ccc2c(c1)CN=N2.c1ccc2c(c1)Cc1ccccc1-2. The van der Waals surface area contributed by atoms with Gasteiger partial charge in [-0.15, -0.1) is 0 Å². The lowest BCUT2D eigenvalue weighted by Crippen LogP contribution is -2.19. The minimum absolute atomic E-state index is 0.610. The summed E-state index contributed by atoms with van der Waals surface area (Å²) in [7, 11) is 0. The number of nitrogens with zero attached hydrogens (tertiary/aromatic N) is 6. The van der Waals surface area contributed by atoms with Gasteiger partial charge in [0.15, 0.2) is 0 Å². The van der Waals surface area contributed by atoms with Crippen LogP contribution in [0.5, 0.6) is 0 Å². The summed E-state index contributed by atoms with van der Waals surface area (Å²) in [5, 5.41) is 9.85. The van der Waals surface area contributed by atoms with Crippen molar-refractivity contribution in [3.05, 3.63) is 231 Å². The van der Waals surface area contributed by atoms with Crippen LogP contribution in [0.2, 0.25) is 0 Å². The normalized spacial score (nSPS) is 11.7. The molecule has 0 N–H and O–H groups in total. The van der Waals surface area contributed by atoms with Crippen LogP contribution in [0.3, 0.4) is 0 Å². The summed E-state index contributed by atoms with van der Waals surface area (Å²) in [6.07, 6.45) is 11.5. The lowest BCUT2D eigenvalue weighted by atomic mass is 10.1. The Labute approximate surface area is 422 Å². The zero-order chi connectivity index (χ0) is 51.2. The highest BCUT2D eigenvalue weighted by Gasteiger charge is 2.16. The maximum absolute atomic E-state index is 4.17. The van der Waals surface area contributed by atoms with Gasteiger partial charge in [-0.1, -0.05) is 241 Å². The Hall–Kier alpha value is -7.18. The highest BCUT2D eigenvalue weighted by molar-refractivity contribution is 5.84. The summed E-state index contributed by atoms with van der Waals surface area (Å²) in [6.45, 7) is 26.2. The van der Waals surface area contributed by atoms with E-state index in [4.69, 9.17) is 0 Å². The van der Waals surface area contributed by atoms with E-state index in [1.54, 1.807) is 0 Å². The van der Waals surface area contributed by atoms with Gasteiger partial charge >= 0.3 is 0 Å². The molecule has 7 aromatic rings. The smallest absolute Gasteiger partial charge is 0.130 e. The maximum Gasteiger partial charge on any atom is 0.130 e. The third-order valence-electron chi connectivity index (χ3n) is 10.3. The monoisotopic (exact) mass is 933 g/mol. The zero-order valence-electron chi connectivity index (χ0n) is 44.4. The van der Waals surface area contributed by atoms with Gasteiger partial charge in [0.2, 0.25) is 0 Å². The maximum atomic E-state index is 4.17. The van der Waals surface area contributed by atoms with Gasteiger partial charge in [-0.25, -0.2) is 0 Å². The first-order valence-corrected chi connectivity index (χ1v) is 25.8. The van der Waals surface area contributed by atoms with Gasteiger partial charge in [0, 0.05) is 24.4 Å². The van der Waals surface area contributed by atoms with Gasteiger partial charge in [-0.2, -0.15) is 10.2 Å². The molecule has 7 aromatic carbocycles. The summed E-state index contributed by atoms with van der Waals surface area (Å²) in [4.78, 5) is 16.6. The number of rotatable bonds is 0. The molecule has 0 fully saturated rings. The minimum atomic E-state index is 0.610. The van der Waals surface area contributed by atoms with E-state index in [-0.39, 0.29) is 0 Å². The number of aliphatic imine (C=N–C) groups is 2. The molecule has 2 aliphatic carbocycles. The predicted octanol–water partition coefficient (Wildman–Crippen LogP) is 17.4. The number of azo groups is 1. The molecule has 0 bridgehead atoms. The molecule has 6 heteroatoms. The predicted molar refractivity (Wildman–Crippen MR) is 306 cm³/mol. The lowest BCUT2D eigenvalue weighted by Gasteiger charge is -1.98. The quantitative estimate of drug-likeness (QED) is 0.145. The number of fused-ring (bicyclic) bond motifs is 8. The Balaban J connectivity index is 0.000000277. The highest BCUT2D eigenvalue weighted by Crippen LogP contribution is 2.35. The van der Waals surface area contributed by atoms with Crippen LogP contribution in [0.1, 0.15) is 128 Å². The molecule has 0 radical (unpaired) electrons. The average molecular weight is 933 g/mol. The Bertz CT molecular complexity index is 2460. The molecular formula is C64H80N6. The molecular weight excluding hydrogens is 853 g/mol. The second kappa shape index (κ2) is 36.8. The van der Waals surface area contributed by atoms with Crippen LogP contribution in [0.25, 0.3) is 17.2 Å². The van der Waals surface area contributed by atoms with Crippen LogP contribution in [0, 0.1) is 0 Å². The van der Waals surface area contributed by atoms with Crippen molar-refractivity contribution in [3.63, 3.8) is 0 Å². The van der Waals surface area contributed by atoms with Gasteiger partial charge in [-0.05, 0) is 87.2 Å². The number of hydrogen-bond acceptors (Lipinski definition) is 6. The first-order chi connectivity index (χ1) is 34.8. The molecule has 366 valence electrons. The van der Waals surface area contributed by atoms with Crippen molar-refractivity contribution in [3.8, 4) is 11.1 Å². The second-order valence-corrected chi connectivity index (χ2v) is 14.1. The molecule has 0 amide bonds. The number of hydrogen-bond donors (Lipinski definition) is 0. The molecule has 4 heterocycles. The van der Waals surface area contributed by atoms with E-state index in [2.05, 4.69) is 139 Å². The lowest BCUT2D eigenvalue weighted by molar-refractivity contribution is 1.04. The van der Waals surface area contributed by atoms with Crippen molar-refractivity contribution < 1.29 is 0 Å². The first-order valence-electron chi connectivity index (χ1n) is 25.8. The molecule has 4 aliphatic heterocycles. The van der Waals surface area contributed by atoms with Crippen LogP contribution in [-0.2, 0) is 32.4 Å². The van der Waals surface area contributed by atoms with Crippen molar-refractivity contribution in [2.45, 2.75) is 115 Å². The summed E-state index contributed by atoms with van der Waals surface area (Å²) < 4.78 is 0. The van der Waals surface area contributed by atoms with Crippen molar-refractivity contribution in [1.82, 2.24) is 0 Å². The summed E-state index contributed by atoms with van der Waals surface area (Å²) in [6, 6.07) is 58.2. The third kappa shape index (κ3) is 18.7. The Morgan fingerprint density at radius 3 is 1.37 bits per heavy atom. The van der Waals surface area contributed by atoms with Crippen molar-refractivity contribution in [2.75, 3.05) is 6.67 Å². The Morgan fingerprint density at radius 2 is 0.829 bits per heavy atom. The van der Waals surface area contributed by atoms with E-state index >= 15 is 0 Å². The van der Waals surface area contributed by atoms with Crippen LogP contribution in [0.15, 0.2) is 206 Å². The van der Waals surface area contributed by atoms with Crippen LogP contribution in [-0.4, -0.2) is 19.1 Å². The van der Waals surface area contributed by atoms with Crippen molar-refractivity contribution >= 4 is 29.9 Å². The molecule has 0 spiro atoms. The fourth-order valence-electron chi connectivity index (χ4n) is 7.22.